The Balaban J connectivity index is 0.000000236. The highest BCUT2D eigenvalue weighted by Gasteiger charge is 2.05. The van der Waals surface area contributed by atoms with Crippen LogP contribution < -0.4 is 11.1 Å². The van der Waals surface area contributed by atoms with Gasteiger partial charge in [-0.15, -0.1) is 0 Å². The molecular formula is C8H20N2. The summed E-state index contributed by atoms with van der Waals surface area (Å²) in [5.74, 6) is 0. The summed E-state index contributed by atoms with van der Waals surface area (Å²) in [5, 5.41) is 3.24. The van der Waals surface area contributed by atoms with Gasteiger partial charge in [-0.1, -0.05) is 20.3 Å². The summed E-state index contributed by atoms with van der Waals surface area (Å²) in [6.45, 7) is 6.47. The summed E-state index contributed by atoms with van der Waals surface area (Å²) in [6.07, 6.45) is 3.56. The van der Waals surface area contributed by atoms with E-state index < -0.39 is 0 Å². The van der Waals surface area contributed by atoms with E-state index in [1.54, 1.807) is 0 Å². The molecule has 62 valence electrons. The fourth-order valence-electron chi connectivity index (χ4n) is 0.844. The zero-order valence-corrected chi connectivity index (χ0v) is 7.19. The molecule has 1 aliphatic rings. The van der Waals surface area contributed by atoms with Gasteiger partial charge >= 0.3 is 0 Å². The van der Waals surface area contributed by atoms with Crippen molar-refractivity contribution in [2.24, 2.45) is 5.73 Å². The lowest BCUT2D eigenvalue weighted by molar-refractivity contribution is 0.458. The third-order valence-corrected chi connectivity index (χ3v) is 1.38. The van der Waals surface area contributed by atoms with Gasteiger partial charge in [-0.25, -0.2) is 0 Å². The first-order chi connectivity index (χ1) is 4.81. The Morgan fingerprint density at radius 1 is 1.30 bits per heavy atom. The Labute approximate surface area is 64.2 Å². The zero-order chi connectivity index (χ0) is 7.82. The normalized spacial score (nSPS) is 19.5. The van der Waals surface area contributed by atoms with Crippen molar-refractivity contribution in [2.45, 2.75) is 39.2 Å². The molecule has 0 amide bonds. The summed E-state index contributed by atoms with van der Waals surface area (Å²) in [6, 6.07) is 0.473. The molecule has 1 fully saturated rings. The van der Waals surface area contributed by atoms with Crippen molar-refractivity contribution < 1.29 is 0 Å². The van der Waals surface area contributed by atoms with Gasteiger partial charge in [-0.2, -0.15) is 0 Å². The maximum absolute atomic E-state index is 5.59. The van der Waals surface area contributed by atoms with Crippen LogP contribution in [0.4, 0.5) is 0 Å². The van der Waals surface area contributed by atoms with Crippen molar-refractivity contribution in [1.29, 1.82) is 0 Å². The van der Waals surface area contributed by atoms with Crippen LogP contribution in [0.25, 0.3) is 0 Å². The minimum absolute atomic E-state index is 0.473. The van der Waals surface area contributed by atoms with E-state index in [0.717, 1.165) is 25.9 Å². The fourth-order valence-corrected chi connectivity index (χ4v) is 0.844. The molecule has 0 aromatic rings. The molecule has 3 N–H and O–H groups in total. The molecule has 0 saturated carbocycles. The van der Waals surface area contributed by atoms with E-state index in [0.29, 0.717) is 6.04 Å². The van der Waals surface area contributed by atoms with Crippen LogP contribution in [0, 0.1) is 0 Å². The predicted molar refractivity (Wildman–Crippen MR) is 46.0 cm³/mol. The number of rotatable bonds is 0. The van der Waals surface area contributed by atoms with Crippen molar-refractivity contribution >= 4 is 0 Å². The summed E-state index contributed by atoms with van der Waals surface area (Å²) in [4.78, 5) is 0. The highest BCUT2D eigenvalue weighted by molar-refractivity contribution is 4.69. The second kappa shape index (κ2) is 7.03. The minimum Gasteiger partial charge on any atom is -0.328 e. The summed E-state index contributed by atoms with van der Waals surface area (Å²) in [7, 11) is 0. The van der Waals surface area contributed by atoms with E-state index in [9.17, 15) is 0 Å². The molecule has 2 nitrogen and oxygen atoms in total. The lowest BCUT2D eigenvalue weighted by Crippen LogP contribution is -2.35. The van der Waals surface area contributed by atoms with Crippen LogP contribution in [0.1, 0.15) is 33.1 Å². The monoisotopic (exact) mass is 144 g/mol. The first-order valence-electron chi connectivity index (χ1n) is 4.27. The topological polar surface area (TPSA) is 38.0 Å². The van der Waals surface area contributed by atoms with Crippen LogP contribution in [0.3, 0.4) is 0 Å². The Morgan fingerprint density at radius 2 is 1.70 bits per heavy atom. The average molecular weight is 144 g/mol. The first kappa shape index (κ1) is 9.92. The van der Waals surface area contributed by atoms with E-state index in [2.05, 4.69) is 19.2 Å². The Morgan fingerprint density at radius 3 is 1.90 bits per heavy atom. The third-order valence-electron chi connectivity index (χ3n) is 1.38. The van der Waals surface area contributed by atoms with Gasteiger partial charge in [-0.3, -0.25) is 0 Å². The molecule has 0 atom stereocenters. The molecule has 0 aliphatic carbocycles. The first-order valence-corrected chi connectivity index (χ1v) is 4.27. The standard InChI is InChI=1S/C5H12N2.C3H8/c6-5-1-3-7-4-2-5;1-3-2/h5,7H,1-4,6H2;3H2,1-2H3. The molecule has 0 unspecified atom stereocenters. The van der Waals surface area contributed by atoms with Gasteiger partial charge < -0.3 is 11.1 Å². The molecular weight excluding hydrogens is 124 g/mol. The Bertz CT molecular complexity index is 58.3. The fraction of sp³-hybridized carbons (Fsp3) is 1.00. The van der Waals surface area contributed by atoms with E-state index in [1.165, 1.54) is 6.42 Å². The maximum atomic E-state index is 5.59. The largest absolute Gasteiger partial charge is 0.328 e. The average Bonchev–Trinajstić information content (AvgIpc) is 1.91. The van der Waals surface area contributed by atoms with Crippen LogP contribution in [0.2, 0.25) is 0 Å². The number of hydrogen-bond acceptors (Lipinski definition) is 2. The lowest BCUT2D eigenvalue weighted by Gasteiger charge is -2.17. The van der Waals surface area contributed by atoms with Gasteiger partial charge in [0.2, 0.25) is 0 Å². The van der Waals surface area contributed by atoms with E-state index in [1.807, 2.05) is 0 Å². The van der Waals surface area contributed by atoms with E-state index in [4.69, 9.17) is 5.73 Å². The summed E-state index contributed by atoms with van der Waals surface area (Å²) < 4.78 is 0. The van der Waals surface area contributed by atoms with Crippen molar-refractivity contribution in [3.63, 3.8) is 0 Å². The lowest BCUT2D eigenvalue weighted by atomic mass is 10.1. The van der Waals surface area contributed by atoms with Gasteiger partial charge in [-0.05, 0) is 25.9 Å². The Hall–Kier alpha value is -0.0800. The Kier molecular flexibility index (Phi) is 6.98. The van der Waals surface area contributed by atoms with Crippen molar-refractivity contribution in [3.8, 4) is 0 Å². The van der Waals surface area contributed by atoms with Crippen molar-refractivity contribution in [3.05, 3.63) is 0 Å². The summed E-state index contributed by atoms with van der Waals surface area (Å²) in [5.41, 5.74) is 5.59. The molecule has 0 aromatic carbocycles. The minimum atomic E-state index is 0.473. The molecule has 1 rings (SSSR count). The van der Waals surface area contributed by atoms with Crippen LogP contribution in [0.5, 0.6) is 0 Å². The van der Waals surface area contributed by atoms with Crippen molar-refractivity contribution in [2.75, 3.05) is 13.1 Å². The molecule has 10 heavy (non-hydrogen) atoms. The quantitative estimate of drug-likeness (QED) is 0.534. The number of hydrogen-bond donors (Lipinski definition) is 2. The summed E-state index contributed by atoms with van der Waals surface area (Å²) >= 11 is 0. The molecule has 2 heteroatoms. The molecule has 0 aromatic heterocycles. The zero-order valence-electron chi connectivity index (χ0n) is 7.19. The van der Waals surface area contributed by atoms with Gasteiger partial charge in [0.15, 0.2) is 0 Å². The van der Waals surface area contributed by atoms with E-state index in [-0.39, 0.29) is 0 Å². The number of nitrogens with two attached hydrogens (primary N) is 1. The smallest absolute Gasteiger partial charge is 0.00629 e. The van der Waals surface area contributed by atoms with Crippen LogP contribution >= 0.6 is 0 Å². The van der Waals surface area contributed by atoms with Gasteiger partial charge in [0.25, 0.3) is 0 Å². The second-order valence-corrected chi connectivity index (χ2v) is 2.79. The molecule has 0 spiro atoms. The van der Waals surface area contributed by atoms with Crippen LogP contribution in [0.15, 0.2) is 0 Å². The maximum Gasteiger partial charge on any atom is 0.00629 e. The number of piperidine rings is 1. The molecule has 1 aliphatic heterocycles. The van der Waals surface area contributed by atoms with Gasteiger partial charge in [0.05, 0.1) is 0 Å². The molecule has 1 heterocycles. The van der Waals surface area contributed by atoms with Gasteiger partial charge in [0.1, 0.15) is 0 Å². The molecule has 1 saturated heterocycles. The van der Waals surface area contributed by atoms with Crippen molar-refractivity contribution in [1.82, 2.24) is 5.32 Å². The SMILES string of the molecule is CCC.NC1CCNCC1. The predicted octanol–water partition coefficient (Wildman–Crippen LogP) is 1.11. The third kappa shape index (κ3) is 6.05. The van der Waals surface area contributed by atoms with E-state index >= 15 is 0 Å². The van der Waals surface area contributed by atoms with Crippen LogP contribution in [-0.2, 0) is 0 Å². The molecule has 0 radical (unpaired) electrons. The van der Waals surface area contributed by atoms with Gasteiger partial charge in [0, 0.05) is 6.04 Å². The molecule has 0 bridgehead atoms. The highest BCUT2D eigenvalue weighted by atomic mass is 14.9. The number of nitrogens with one attached hydrogen (secondary N) is 1. The van der Waals surface area contributed by atoms with Crippen LogP contribution in [-0.4, -0.2) is 19.1 Å². The highest BCUT2D eigenvalue weighted by Crippen LogP contribution is 1.96. The second-order valence-electron chi connectivity index (χ2n) is 2.79.